The summed E-state index contributed by atoms with van der Waals surface area (Å²) in [6.45, 7) is 0.401. The lowest BCUT2D eigenvalue weighted by Crippen LogP contribution is -2.31. The number of amides is 1. The average Bonchev–Trinajstić information content (AvgIpc) is 2.69. The van der Waals surface area contributed by atoms with Crippen LogP contribution in [0.1, 0.15) is 15.9 Å². The molecule has 0 aliphatic rings. The van der Waals surface area contributed by atoms with Gasteiger partial charge in [-0.25, -0.2) is 5.10 Å². The molecule has 0 saturated heterocycles. The maximum Gasteiger partial charge on any atom is 0.277 e. The summed E-state index contributed by atoms with van der Waals surface area (Å²) in [6.07, 6.45) is 3.87. The first-order valence-electron chi connectivity index (χ1n) is 8.08. The number of benzene rings is 1. The van der Waals surface area contributed by atoms with Gasteiger partial charge in [0.15, 0.2) is 0 Å². The maximum atomic E-state index is 12.4. The van der Waals surface area contributed by atoms with Gasteiger partial charge in [0, 0.05) is 24.5 Å². The van der Waals surface area contributed by atoms with Gasteiger partial charge in [-0.15, -0.1) is 0 Å². The minimum Gasteiger partial charge on any atom is -0.497 e. The van der Waals surface area contributed by atoms with Gasteiger partial charge in [0.1, 0.15) is 11.3 Å². The number of H-pyrrole nitrogens is 1. The van der Waals surface area contributed by atoms with Gasteiger partial charge in [0.2, 0.25) is 0 Å². The van der Waals surface area contributed by atoms with E-state index in [1.807, 2.05) is 24.3 Å². The monoisotopic (exact) mass is 350 g/mol. The second-order valence-electron chi connectivity index (χ2n) is 5.59. The van der Waals surface area contributed by atoms with Gasteiger partial charge in [0.05, 0.1) is 12.8 Å². The van der Waals surface area contributed by atoms with Crippen molar-refractivity contribution in [3.8, 4) is 17.0 Å². The lowest BCUT2D eigenvalue weighted by molar-refractivity contribution is 0.0952. The minimum absolute atomic E-state index is 0.0254. The number of pyridine rings is 1. The van der Waals surface area contributed by atoms with E-state index in [-0.39, 0.29) is 5.56 Å². The van der Waals surface area contributed by atoms with Gasteiger partial charge in [-0.05, 0) is 42.3 Å². The molecule has 1 amide bonds. The zero-order chi connectivity index (χ0) is 18.4. The molecule has 26 heavy (non-hydrogen) atoms. The predicted molar refractivity (Wildman–Crippen MR) is 97.1 cm³/mol. The fraction of sp³-hybridized carbons (Fsp3) is 0.158. The SMILES string of the molecule is COc1cccc(CCNC(=O)c2cc(-c3ccncc3)n[nH]c2=O)c1. The predicted octanol–water partition coefficient (Wildman–Crippen LogP) is 1.81. The molecule has 0 bridgehead atoms. The van der Waals surface area contributed by atoms with Gasteiger partial charge < -0.3 is 10.1 Å². The molecule has 3 aromatic rings. The Labute approximate surface area is 150 Å². The van der Waals surface area contributed by atoms with E-state index in [1.54, 1.807) is 31.6 Å². The van der Waals surface area contributed by atoms with E-state index in [9.17, 15) is 9.59 Å². The average molecular weight is 350 g/mol. The second kappa shape index (κ2) is 8.06. The highest BCUT2D eigenvalue weighted by Gasteiger charge is 2.13. The van der Waals surface area contributed by atoms with Crippen molar-refractivity contribution >= 4 is 5.91 Å². The highest BCUT2D eigenvalue weighted by atomic mass is 16.5. The number of hydrogen-bond acceptors (Lipinski definition) is 5. The Morgan fingerprint density at radius 1 is 1.19 bits per heavy atom. The molecule has 0 spiro atoms. The van der Waals surface area contributed by atoms with Gasteiger partial charge in [-0.2, -0.15) is 5.10 Å². The molecule has 0 aliphatic heterocycles. The van der Waals surface area contributed by atoms with Crippen molar-refractivity contribution < 1.29 is 9.53 Å². The van der Waals surface area contributed by atoms with E-state index in [0.717, 1.165) is 16.9 Å². The van der Waals surface area contributed by atoms with Gasteiger partial charge >= 0.3 is 0 Å². The van der Waals surface area contributed by atoms with E-state index >= 15 is 0 Å². The molecule has 0 aliphatic carbocycles. The van der Waals surface area contributed by atoms with E-state index in [4.69, 9.17) is 4.74 Å². The molecule has 7 nitrogen and oxygen atoms in total. The first-order chi connectivity index (χ1) is 12.7. The Morgan fingerprint density at radius 2 is 2.00 bits per heavy atom. The zero-order valence-corrected chi connectivity index (χ0v) is 14.2. The van der Waals surface area contributed by atoms with Crippen molar-refractivity contribution in [3.05, 3.63) is 76.3 Å². The number of methoxy groups -OCH3 is 1. The molecule has 7 heteroatoms. The van der Waals surface area contributed by atoms with Crippen molar-refractivity contribution in [2.24, 2.45) is 0 Å². The standard InChI is InChI=1S/C19H18N4O3/c1-26-15-4-2-3-13(11-15)5-10-21-18(24)16-12-17(22-23-19(16)25)14-6-8-20-9-7-14/h2-4,6-9,11-12H,5,10H2,1H3,(H,21,24)(H,23,25). The third-order valence-corrected chi connectivity index (χ3v) is 3.86. The number of aromatic nitrogens is 3. The van der Waals surface area contributed by atoms with Crippen LogP contribution in [0.2, 0.25) is 0 Å². The van der Waals surface area contributed by atoms with E-state index < -0.39 is 11.5 Å². The lowest BCUT2D eigenvalue weighted by atomic mass is 10.1. The number of carbonyl (C=O) groups excluding carboxylic acids is 1. The first-order valence-corrected chi connectivity index (χ1v) is 8.08. The van der Waals surface area contributed by atoms with Crippen molar-refractivity contribution in [1.82, 2.24) is 20.5 Å². The molecule has 0 unspecified atom stereocenters. The van der Waals surface area contributed by atoms with E-state index in [0.29, 0.717) is 18.7 Å². The van der Waals surface area contributed by atoms with Crippen molar-refractivity contribution in [3.63, 3.8) is 0 Å². The molecular formula is C19H18N4O3. The fourth-order valence-corrected chi connectivity index (χ4v) is 2.49. The molecule has 0 fully saturated rings. The first kappa shape index (κ1) is 17.3. The Kier molecular flexibility index (Phi) is 5.38. The van der Waals surface area contributed by atoms with Gasteiger partial charge in [-0.1, -0.05) is 12.1 Å². The molecule has 3 rings (SSSR count). The number of rotatable bonds is 6. The normalized spacial score (nSPS) is 10.3. The molecule has 1 aromatic carbocycles. The quantitative estimate of drug-likeness (QED) is 0.707. The number of nitrogens with one attached hydrogen (secondary N) is 2. The van der Waals surface area contributed by atoms with Gasteiger partial charge in [0.25, 0.3) is 11.5 Å². The highest BCUT2D eigenvalue weighted by Crippen LogP contribution is 2.15. The molecule has 0 saturated carbocycles. The van der Waals surface area contributed by atoms with Crippen LogP contribution in [0.3, 0.4) is 0 Å². The van der Waals surface area contributed by atoms with Crippen molar-refractivity contribution in [1.29, 1.82) is 0 Å². The van der Waals surface area contributed by atoms with Crippen LogP contribution in [0.25, 0.3) is 11.3 Å². The molecule has 2 heterocycles. The zero-order valence-electron chi connectivity index (χ0n) is 14.2. The third kappa shape index (κ3) is 4.13. The minimum atomic E-state index is -0.526. The summed E-state index contributed by atoms with van der Waals surface area (Å²) in [7, 11) is 1.61. The molecular weight excluding hydrogens is 332 g/mol. The summed E-state index contributed by atoms with van der Waals surface area (Å²) in [4.78, 5) is 28.3. The molecule has 0 radical (unpaired) electrons. The van der Waals surface area contributed by atoms with Crippen molar-refractivity contribution in [2.45, 2.75) is 6.42 Å². The highest BCUT2D eigenvalue weighted by molar-refractivity contribution is 5.94. The summed E-state index contributed by atoms with van der Waals surface area (Å²) >= 11 is 0. The Morgan fingerprint density at radius 3 is 2.77 bits per heavy atom. The lowest BCUT2D eigenvalue weighted by Gasteiger charge is -2.07. The Balaban J connectivity index is 1.68. The smallest absolute Gasteiger partial charge is 0.277 e. The van der Waals surface area contributed by atoms with Crippen LogP contribution in [-0.4, -0.2) is 34.7 Å². The van der Waals surface area contributed by atoms with Crippen LogP contribution in [0.5, 0.6) is 5.75 Å². The van der Waals surface area contributed by atoms with Crippen molar-refractivity contribution in [2.75, 3.05) is 13.7 Å². The summed E-state index contributed by atoms with van der Waals surface area (Å²) in [5, 5.41) is 9.11. The van der Waals surface area contributed by atoms with E-state index in [2.05, 4.69) is 20.5 Å². The van der Waals surface area contributed by atoms with Crippen LogP contribution in [0.15, 0.2) is 59.7 Å². The number of ether oxygens (including phenoxy) is 1. The topological polar surface area (TPSA) is 97.0 Å². The third-order valence-electron chi connectivity index (χ3n) is 3.86. The summed E-state index contributed by atoms with van der Waals surface area (Å²) in [6, 6.07) is 12.6. The van der Waals surface area contributed by atoms with Gasteiger partial charge in [-0.3, -0.25) is 14.6 Å². The van der Waals surface area contributed by atoms with Crippen LogP contribution in [0.4, 0.5) is 0 Å². The summed E-state index contributed by atoms with van der Waals surface area (Å²) in [5.41, 5.74) is 1.80. The molecule has 2 N–H and O–H groups in total. The summed E-state index contributed by atoms with van der Waals surface area (Å²) < 4.78 is 5.18. The maximum absolute atomic E-state index is 12.4. The summed E-state index contributed by atoms with van der Waals surface area (Å²) in [5.74, 6) is 0.327. The van der Waals surface area contributed by atoms with Crippen LogP contribution < -0.4 is 15.6 Å². The fourth-order valence-electron chi connectivity index (χ4n) is 2.49. The van der Waals surface area contributed by atoms with E-state index in [1.165, 1.54) is 6.07 Å². The number of aromatic amines is 1. The van der Waals surface area contributed by atoms with Crippen LogP contribution in [0, 0.1) is 0 Å². The molecule has 132 valence electrons. The number of nitrogens with zero attached hydrogens (tertiary/aromatic N) is 2. The Bertz CT molecular complexity index is 954. The largest absolute Gasteiger partial charge is 0.497 e. The Hall–Kier alpha value is -3.48. The van der Waals surface area contributed by atoms with Crippen LogP contribution in [-0.2, 0) is 6.42 Å². The second-order valence-corrected chi connectivity index (χ2v) is 5.59. The molecule has 2 aromatic heterocycles. The number of carbonyl (C=O) groups is 1. The van der Waals surface area contributed by atoms with Crippen LogP contribution >= 0.6 is 0 Å². The molecule has 0 atom stereocenters. The number of hydrogen-bond donors (Lipinski definition) is 2.